The first-order chi connectivity index (χ1) is 9.93. The number of aromatic amines is 1. The summed E-state index contributed by atoms with van der Waals surface area (Å²) in [7, 11) is 0. The van der Waals surface area contributed by atoms with Gasteiger partial charge in [-0.1, -0.05) is 13.0 Å². The maximum atomic E-state index is 13.1. The molecule has 0 atom stereocenters. The topological polar surface area (TPSA) is 64.1 Å². The number of nitrogens with one attached hydrogen (secondary N) is 1. The third kappa shape index (κ3) is 5.63. The zero-order valence-electron chi connectivity index (χ0n) is 12.0. The van der Waals surface area contributed by atoms with Crippen LogP contribution in [0.2, 0.25) is 0 Å². The van der Waals surface area contributed by atoms with E-state index in [0.717, 1.165) is 25.5 Å². The normalized spacial score (nSPS) is 10.4. The third-order valence-electron chi connectivity index (χ3n) is 2.87. The van der Waals surface area contributed by atoms with Crippen LogP contribution in [0.4, 0.5) is 4.39 Å². The molecule has 0 saturated carbocycles. The Morgan fingerprint density at radius 1 is 1.43 bits per heavy atom. The highest BCUT2D eigenvalue weighted by Gasteiger charge is 2.04. The van der Waals surface area contributed by atoms with Gasteiger partial charge >= 0.3 is 5.97 Å². The summed E-state index contributed by atoms with van der Waals surface area (Å²) < 4.78 is 19.5. The molecule has 1 N–H and O–H groups in total. The Bertz CT molecular complexity index is 621. The van der Waals surface area contributed by atoms with Gasteiger partial charge in [-0.2, -0.15) is 4.39 Å². The fourth-order valence-electron chi connectivity index (χ4n) is 1.70. The van der Waals surface area contributed by atoms with E-state index in [4.69, 9.17) is 17.0 Å². The number of esters is 1. The Hall–Kier alpha value is -1.76. The van der Waals surface area contributed by atoms with Crippen molar-refractivity contribution in [1.29, 1.82) is 0 Å². The minimum absolute atomic E-state index is 0.219. The van der Waals surface area contributed by atoms with E-state index in [2.05, 4.69) is 11.6 Å². The molecule has 0 spiro atoms. The Morgan fingerprint density at radius 3 is 2.76 bits per heavy atom. The maximum Gasteiger partial charge on any atom is 0.333 e. The number of ether oxygens (including phenoxy) is 1. The summed E-state index contributed by atoms with van der Waals surface area (Å²) >= 11 is 4.95. The molecule has 0 unspecified atom stereocenters. The number of nitrogens with zero attached hydrogens (tertiary/aromatic N) is 1. The van der Waals surface area contributed by atoms with Gasteiger partial charge in [0.2, 0.25) is 5.82 Å². The van der Waals surface area contributed by atoms with Gasteiger partial charge in [0, 0.05) is 18.3 Å². The summed E-state index contributed by atoms with van der Waals surface area (Å²) in [5.41, 5.74) is -0.316. The minimum Gasteiger partial charge on any atom is -0.462 e. The van der Waals surface area contributed by atoms with Crippen LogP contribution >= 0.6 is 12.2 Å². The molecule has 5 nitrogen and oxygen atoms in total. The fourth-order valence-corrected chi connectivity index (χ4v) is 1.94. The highest BCUT2D eigenvalue weighted by molar-refractivity contribution is 7.71. The van der Waals surface area contributed by atoms with E-state index in [0.29, 0.717) is 25.1 Å². The van der Waals surface area contributed by atoms with Crippen LogP contribution in [0.1, 0.15) is 32.6 Å². The van der Waals surface area contributed by atoms with Gasteiger partial charge in [-0.15, -0.1) is 0 Å². The van der Waals surface area contributed by atoms with E-state index < -0.39 is 11.4 Å². The number of H-pyrrole nitrogens is 1. The lowest BCUT2D eigenvalue weighted by Gasteiger charge is -2.06. The van der Waals surface area contributed by atoms with Crippen LogP contribution in [0.5, 0.6) is 0 Å². The van der Waals surface area contributed by atoms with Gasteiger partial charge in [0.1, 0.15) is 0 Å². The van der Waals surface area contributed by atoms with Crippen LogP contribution in [0, 0.1) is 10.6 Å². The monoisotopic (exact) mass is 314 g/mol. The summed E-state index contributed by atoms with van der Waals surface area (Å²) in [5.74, 6) is -1.22. The number of aromatic nitrogens is 2. The molecule has 0 radical (unpaired) electrons. The smallest absolute Gasteiger partial charge is 0.333 e. The van der Waals surface area contributed by atoms with Gasteiger partial charge in [0.25, 0.3) is 5.56 Å². The first kappa shape index (κ1) is 17.3. The highest BCUT2D eigenvalue weighted by atomic mass is 32.1. The average molecular weight is 314 g/mol. The quantitative estimate of drug-likeness (QED) is 0.347. The number of carbonyl (C=O) groups excluding carboxylic acids is 1. The van der Waals surface area contributed by atoms with Gasteiger partial charge in [0.05, 0.1) is 6.61 Å². The van der Waals surface area contributed by atoms with Gasteiger partial charge in [-0.3, -0.25) is 9.36 Å². The van der Waals surface area contributed by atoms with Crippen molar-refractivity contribution in [3.05, 3.63) is 39.3 Å². The van der Waals surface area contributed by atoms with E-state index in [1.165, 1.54) is 4.57 Å². The van der Waals surface area contributed by atoms with Crippen LogP contribution in [0.25, 0.3) is 0 Å². The molecule has 0 saturated heterocycles. The molecule has 0 fully saturated rings. The highest BCUT2D eigenvalue weighted by Crippen LogP contribution is 2.03. The molecular weight excluding hydrogens is 295 g/mol. The second-order valence-electron chi connectivity index (χ2n) is 4.73. The third-order valence-corrected chi connectivity index (χ3v) is 3.21. The number of unbranched alkanes of at least 4 members (excludes halogenated alkanes) is 3. The zero-order chi connectivity index (χ0) is 15.8. The van der Waals surface area contributed by atoms with Gasteiger partial charge in [-0.25, -0.2) is 4.79 Å². The Balaban J connectivity index is 2.25. The molecule has 0 amide bonds. The largest absolute Gasteiger partial charge is 0.462 e. The number of carbonyl (C=O) groups is 1. The Morgan fingerprint density at radius 2 is 2.10 bits per heavy atom. The lowest BCUT2D eigenvalue weighted by molar-refractivity contribution is -0.139. The Kier molecular flexibility index (Phi) is 7.01. The van der Waals surface area contributed by atoms with Crippen LogP contribution in [-0.4, -0.2) is 22.1 Å². The van der Waals surface area contributed by atoms with Crippen molar-refractivity contribution in [3.63, 3.8) is 0 Å². The van der Waals surface area contributed by atoms with E-state index in [1.807, 2.05) is 0 Å². The first-order valence-electron chi connectivity index (χ1n) is 6.74. The molecule has 0 bridgehead atoms. The van der Waals surface area contributed by atoms with E-state index in [-0.39, 0.29) is 10.7 Å². The summed E-state index contributed by atoms with van der Waals surface area (Å²) in [6, 6.07) is 0. The van der Waals surface area contributed by atoms with Crippen molar-refractivity contribution in [1.82, 2.24) is 9.55 Å². The van der Waals surface area contributed by atoms with Crippen molar-refractivity contribution in [2.45, 2.75) is 39.2 Å². The lowest BCUT2D eigenvalue weighted by Crippen LogP contribution is -2.24. The van der Waals surface area contributed by atoms with Gasteiger partial charge in [-0.05, 0) is 38.4 Å². The summed E-state index contributed by atoms with van der Waals surface area (Å²) in [4.78, 5) is 25.2. The molecule has 0 aliphatic rings. The lowest BCUT2D eigenvalue weighted by atomic mass is 10.2. The van der Waals surface area contributed by atoms with E-state index >= 15 is 0 Å². The molecule has 0 aliphatic carbocycles. The van der Waals surface area contributed by atoms with Crippen LogP contribution in [-0.2, 0) is 16.1 Å². The number of hydrogen-bond donors (Lipinski definition) is 1. The van der Waals surface area contributed by atoms with Crippen LogP contribution in [0.15, 0.2) is 23.1 Å². The number of halogens is 1. The molecule has 1 aromatic heterocycles. The van der Waals surface area contributed by atoms with Gasteiger partial charge < -0.3 is 9.72 Å². The zero-order valence-corrected chi connectivity index (χ0v) is 12.8. The SMILES string of the molecule is C=C(C)C(=O)OCCCCCCn1c(=S)[nH]cc(F)c1=O. The van der Waals surface area contributed by atoms with Crippen molar-refractivity contribution in [2.24, 2.45) is 0 Å². The average Bonchev–Trinajstić information content (AvgIpc) is 2.44. The van der Waals surface area contributed by atoms with Crippen molar-refractivity contribution in [3.8, 4) is 0 Å². The van der Waals surface area contributed by atoms with Crippen molar-refractivity contribution in [2.75, 3.05) is 6.61 Å². The molecule has 1 rings (SSSR count). The molecule has 0 aliphatic heterocycles. The first-order valence-corrected chi connectivity index (χ1v) is 7.15. The fraction of sp³-hybridized carbons (Fsp3) is 0.500. The predicted octanol–water partition coefficient (Wildman–Crippen LogP) is 2.72. The second kappa shape index (κ2) is 8.51. The van der Waals surface area contributed by atoms with Crippen LogP contribution in [0.3, 0.4) is 0 Å². The maximum absolute atomic E-state index is 13.1. The Labute approximate surface area is 127 Å². The molecule has 0 aromatic carbocycles. The number of rotatable bonds is 8. The standard InChI is InChI=1S/C14H19FN2O3S/c1-10(2)13(19)20-8-6-4-3-5-7-17-12(18)11(15)9-16-14(17)21/h9H,1,3-8H2,2H3,(H,16,21). The van der Waals surface area contributed by atoms with Gasteiger partial charge in [0.15, 0.2) is 4.77 Å². The van der Waals surface area contributed by atoms with E-state index in [1.54, 1.807) is 6.92 Å². The summed E-state index contributed by atoms with van der Waals surface area (Å²) in [6.45, 7) is 5.82. The van der Waals surface area contributed by atoms with Crippen molar-refractivity contribution >= 4 is 18.2 Å². The molecular formula is C14H19FN2O3S. The number of hydrogen-bond acceptors (Lipinski definition) is 4. The second-order valence-corrected chi connectivity index (χ2v) is 5.12. The van der Waals surface area contributed by atoms with E-state index in [9.17, 15) is 14.0 Å². The molecule has 1 aromatic rings. The molecule has 7 heteroatoms. The summed E-state index contributed by atoms with van der Waals surface area (Å²) in [5, 5.41) is 0. The predicted molar refractivity (Wildman–Crippen MR) is 80.1 cm³/mol. The molecule has 116 valence electrons. The minimum atomic E-state index is -0.838. The van der Waals surface area contributed by atoms with Crippen molar-refractivity contribution < 1.29 is 13.9 Å². The summed E-state index contributed by atoms with van der Waals surface area (Å²) in [6.07, 6.45) is 4.10. The van der Waals surface area contributed by atoms with Crippen LogP contribution < -0.4 is 5.56 Å². The molecule has 1 heterocycles. The molecule has 21 heavy (non-hydrogen) atoms.